The van der Waals surface area contributed by atoms with E-state index in [0.29, 0.717) is 16.8 Å². The van der Waals surface area contributed by atoms with Gasteiger partial charge in [0.25, 0.3) is 5.56 Å². The van der Waals surface area contributed by atoms with Gasteiger partial charge in [-0.05, 0) is 46.4 Å². The average Bonchev–Trinajstić information content (AvgIpc) is 2.79. The van der Waals surface area contributed by atoms with Crippen molar-refractivity contribution in [2.45, 2.75) is 33.1 Å². The third-order valence-corrected chi connectivity index (χ3v) is 5.14. The molecule has 0 unspecified atom stereocenters. The number of nitrogens with zero attached hydrogens (tertiary/aromatic N) is 2. The van der Waals surface area contributed by atoms with Gasteiger partial charge in [-0.2, -0.15) is 0 Å². The molecule has 0 fully saturated rings. The molecular formula is C25H25FN2O4. The maximum Gasteiger partial charge on any atom is 0.366 e. The maximum atomic E-state index is 13.1. The van der Waals surface area contributed by atoms with E-state index in [1.54, 1.807) is 44.2 Å². The summed E-state index contributed by atoms with van der Waals surface area (Å²) >= 11 is 0. The van der Waals surface area contributed by atoms with Gasteiger partial charge in [-0.1, -0.05) is 68.2 Å². The number of benzene rings is 2. The Bertz CT molecular complexity index is 1270. The predicted octanol–water partition coefficient (Wildman–Crippen LogP) is 4.64. The molecule has 1 N–H and O–H groups in total. The molecule has 166 valence electrons. The highest BCUT2D eigenvalue weighted by Crippen LogP contribution is 2.28. The largest absolute Gasteiger partial charge is 0.421 e. The summed E-state index contributed by atoms with van der Waals surface area (Å²) in [4.78, 5) is 25.6. The highest BCUT2D eigenvalue weighted by Gasteiger charge is 2.23. The Morgan fingerprint density at radius 2 is 1.72 bits per heavy atom. The minimum absolute atomic E-state index is 0.104. The average molecular weight is 436 g/mol. The van der Waals surface area contributed by atoms with Crippen LogP contribution < -0.4 is 11.2 Å². The van der Waals surface area contributed by atoms with Crippen LogP contribution in [0.3, 0.4) is 0 Å². The monoisotopic (exact) mass is 436 g/mol. The third kappa shape index (κ3) is 4.48. The van der Waals surface area contributed by atoms with Crippen molar-refractivity contribution in [1.82, 2.24) is 9.30 Å². The third-order valence-electron chi connectivity index (χ3n) is 5.14. The zero-order valence-electron chi connectivity index (χ0n) is 18.0. The number of hydrogen-bond acceptors (Lipinski definition) is 4. The fourth-order valence-corrected chi connectivity index (χ4v) is 3.53. The van der Waals surface area contributed by atoms with Crippen LogP contribution in [0.2, 0.25) is 0 Å². The lowest BCUT2D eigenvalue weighted by Gasteiger charge is -2.20. The minimum atomic E-state index is -0.915. The SMILES string of the molecule is C=Cc1ccc(-c2c(C(C)C)c(=O)n(O)c(=O)n2COCc2ccc(F)cc2)cc1C=C. The number of ether oxygens (including phenoxy) is 1. The van der Waals surface area contributed by atoms with E-state index in [4.69, 9.17) is 4.74 Å². The molecule has 0 atom stereocenters. The summed E-state index contributed by atoms with van der Waals surface area (Å²) in [6.07, 6.45) is 3.35. The van der Waals surface area contributed by atoms with Gasteiger partial charge >= 0.3 is 5.69 Å². The molecule has 3 aromatic rings. The molecule has 0 amide bonds. The molecule has 0 radical (unpaired) electrons. The zero-order chi connectivity index (χ0) is 23.4. The molecule has 0 aliphatic carbocycles. The summed E-state index contributed by atoms with van der Waals surface area (Å²) in [7, 11) is 0. The molecule has 1 aromatic heterocycles. The molecule has 0 saturated heterocycles. The second-order valence-corrected chi connectivity index (χ2v) is 7.60. The van der Waals surface area contributed by atoms with Crippen LogP contribution in [0.15, 0.2) is 65.2 Å². The van der Waals surface area contributed by atoms with E-state index in [-0.39, 0.29) is 35.4 Å². The molecule has 6 nitrogen and oxygen atoms in total. The van der Waals surface area contributed by atoms with E-state index < -0.39 is 11.2 Å². The van der Waals surface area contributed by atoms with Crippen LogP contribution in [0.4, 0.5) is 4.39 Å². The number of rotatable bonds is 8. The molecule has 7 heteroatoms. The van der Waals surface area contributed by atoms with Crippen molar-refractivity contribution in [2.75, 3.05) is 0 Å². The minimum Gasteiger partial charge on any atom is -0.421 e. The van der Waals surface area contributed by atoms with Gasteiger partial charge in [0.2, 0.25) is 0 Å². The normalized spacial score (nSPS) is 11.0. The summed E-state index contributed by atoms with van der Waals surface area (Å²) < 4.78 is 20.1. The van der Waals surface area contributed by atoms with Crippen LogP contribution in [-0.4, -0.2) is 14.5 Å². The molecule has 0 bridgehead atoms. The summed E-state index contributed by atoms with van der Waals surface area (Å²) in [5.41, 5.74) is 1.90. The second kappa shape index (κ2) is 9.62. The van der Waals surface area contributed by atoms with E-state index in [1.165, 1.54) is 16.7 Å². The van der Waals surface area contributed by atoms with Crippen molar-refractivity contribution >= 4 is 12.2 Å². The standard InChI is InChI=1S/C25H25FN2O4/c1-5-18-9-10-20(13-19(18)6-2)23-22(16(3)4)24(29)28(31)25(30)27(23)15-32-14-17-7-11-21(26)12-8-17/h5-13,16,31H,1-2,14-15H2,3-4H3. The number of halogens is 1. The van der Waals surface area contributed by atoms with Gasteiger partial charge in [0.05, 0.1) is 12.3 Å². The summed E-state index contributed by atoms with van der Waals surface area (Å²) in [5, 5.41) is 10.2. The molecule has 0 spiro atoms. The molecule has 1 heterocycles. The van der Waals surface area contributed by atoms with Crippen LogP contribution in [0, 0.1) is 5.82 Å². The van der Waals surface area contributed by atoms with Gasteiger partial charge in [-0.15, -0.1) is 0 Å². The molecule has 3 rings (SSSR count). The van der Waals surface area contributed by atoms with Crippen molar-refractivity contribution < 1.29 is 14.3 Å². The quantitative estimate of drug-likeness (QED) is 0.522. The van der Waals surface area contributed by atoms with E-state index in [1.807, 2.05) is 12.1 Å². The first-order chi connectivity index (χ1) is 15.3. The van der Waals surface area contributed by atoms with Crippen LogP contribution in [0.1, 0.15) is 42.0 Å². The highest BCUT2D eigenvalue weighted by molar-refractivity contribution is 5.73. The lowest BCUT2D eigenvalue weighted by Crippen LogP contribution is -2.42. The second-order valence-electron chi connectivity index (χ2n) is 7.60. The van der Waals surface area contributed by atoms with Gasteiger partial charge in [0, 0.05) is 5.56 Å². The fraction of sp³-hybridized carbons (Fsp3) is 0.200. The molecule has 0 aliphatic rings. The van der Waals surface area contributed by atoms with Gasteiger partial charge in [0.15, 0.2) is 0 Å². The lowest BCUT2D eigenvalue weighted by atomic mass is 9.95. The summed E-state index contributed by atoms with van der Waals surface area (Å²) in [6, 6.07) is 11.2. The van der Waals surface area contributed by atoms with Crippen LogP contribution in [-0.2, 0) is 18.1 Å². The molecule has 2 aromatic carbocycles. The van der Waals surface area contributed by atoms with Crippen LogP contribution >= 0.6 is 0 Å². The van der Waals surface area contributed by atoms with Gasteiger partial charge in [-0.3, -0.25) is 9.36 Å². The van der Waals surface area contributed by atoms with E-state index >= 15 is 0 Å². The molecular weight excluding hydrogens is 411 g/mol. The Kier molecular flexibility index (Phi) is 6.90. The topological polar surface area (TPSA) is 73.5 Å². The van der Waals surface area contributed by atoms with Gasteiger partial charge in [0.1, 0.15) is 12.5 Å². The van der Waals surface area contributed by atoms with Crippen molar-refractivity contribution in [1.29, 1.82) is 0 Å². The Hall–Kier alpha value is -3.71. The van der Waals surface area contributed by atoms with Crippen LogP contribution in [0.25, 0.3) is 23.4 Å². The Morgan fingerprint density at radius 3 is 2.31 bits per heavy atom. The Balaban J connectivity index is 2.14. The van der Waals surface area contributed by atoms with E-state index in [0.717, 1.165) is 11.1 Å². The smallest absolute Gasteiger partial charge is 0.366 e. The predicted molar refractivity (Wildman–Crippen MR) is 123 cm³/mol. The van der Waals surface area contributed by atoms with Crippen LogP contribution in [0.5, 0.6) is 0 Å². The first-order valence-corrected chi connectivity index (χ1v) is 10.1. The van der Waals surface area contributed by atoms with Gasteiger partial charge in [-0.25, -0.2) is 9.18 Å². The summed E-state index contributed by atoms with van der Waals surface area (Å²) in [6.45, 7) is 11.1. The molecule has 0 aliphatic heterocycles. The Morgan fingerprint density at radius 1 is 1.06 bits per heavy atom. The fourth-order valence-electron chi connectivity index (χ4n) is 3.53. The summed E-state index contributed by atoms with van der Waals surface area (Å²) in [5.74, 6) is -0.645. The van der Waals surface area contributed by atoms with Gasteiger partial charge < -0.3 is 9.94 Å². The highest BCUT2D eigenvalue weighted by atomic mass is 19.1. The lowest BCUT2D eigenvalue weighted by molar-refractivity contribution is 0.0531. The van der Waals surface area contributed by atoms with Crippen molar-refractivity contribution in [3.05, 3.63) is 105 Å². The number of hydrogen-bond donors (Lipinski definition) is 1. The first-order valence-electron chi connectivity index (χ1n) is 10.1. The number of aromatic nitrogens is 2. The van der Waals surface area contributed by atoms with Crippen molar-refractivity contribution in [3.63, 3.8) is 0 Å². The van der Waals surface area contributed by atoms with Crippen molar-refractivity contribution in [3.8, 4) is 11.3 Å². The van der Waals surface area contributed by atoms with E-state index in [2.05, 4.69) is 13.2 Å². The van der Waals surface area contributed by atoms with E-state index in [9.17, 15) is 19.2 Å². The first kappa shape index (κ1) is 23.0. The van der Waals surface area contributed by atoms with Crippen molar-refractivity contribution in [2.24, 2.45) is 0 Å². The Labute approximate surface area is 185 Å². The molecule has 32 heavy (non-hydrogen) atoms. The zero-order valence-corrected chi connectivity index (χ0v) is 18.0. The molecule has 0 saturated carbocycles. The maximum absolute atomic E-state index is 13.1.